The van der Waals surface area contributed by atoms with Crippen LogP contribution in [-0.2, 0) is 16.1 Å². The van der Waals surface area contributed by atoms with Gasteiger partial charge in [-0.2, -0.15) is 0 Å². The molecule has 0 radical (unpaired) electrons. The Labute approximate surface area is 169 Å². The van der Waals surface area contributed by atoms with E-state index in [2.05, 4.69) is 19.9 Å². The van der Waals surface area contributed by atoms with Crippen LogP contribution in [0, 0.1) is 12.8 Å². The van der Waals surface area contributed by atoms with E-state index in [9.17, 15) is 0 Å². The fourth-order valence-electron chi connectivity index (χ4n) is 3.31. The molecule has 0 atom stereocenters. The number of fused-ring (bicyclic) bond motifs is 1. The highest BCUT2D eigenvalue weighted by atomic mass is 16.5. The van der Waals surface area contributed by atoms with Gasteiger partial charge >= 0.3 is 0 Å². The van der Waals surface area contributed by atoms with Gasteiger partial charge in [0.2, 0.25) is 0 Å². The van der Waals surface area contributed by atoms with Gasteiger partial charge in [-0.15, -0.1) is 0 Å². The SMILES string of the molecule is CCCCOc1c(C)c(COCCCCOCCC2CC2)nc2ccccc12. The fourth-order valence-corrected chi connectivity index (χ4v) is 3.31. The van der Waals surface area contributed by atoms with Crippen LogP contribution in [0.15, 0.2) is 24.3 Å². The summed E-state index contributed by atoms with van der Waals surface area (Å²) >= 11 is 0. The first-order chi connectivity index (χ1) is 13.8. The summed E-state index contributed by atoms with van der Waals surface area (Å²) in [6.07, 6.45) is 8.32. The Bertz CT molecular complexity index is 727. The van der Waals surface area contributed by atoms with Crippen LogP contribution in [0.5, 0.6) is 5.75 Å². The Kier molecular flexibility index (Phi) is 8.56. The Morgan fingerprint density at radius 3 is 2.54 bits per heavy atom. The summed E-state index contributed by atoms with van der Waals surface area (Å²) in [5.41, 5.74) is 3.05. The molecule has 0 spiro atoms. The van der Waals surface area contributed by atoms with Crippen molar-refractivity contribution in [3.05, 3.63) is 35.5 Å². The number of ether oxygens (including phenoxy) is 3. The molecule has 154 valence electrons. The average Bonchev–Trinajstić information content (AvgIpc) is 3.53. The van der Waals surface area contributed by atoms with Gasteiger partial charge in [-0.25, -0.2) is 4.98 Å². The first-order valence-corrected chi connectivity index (χ1v) is 11.0. The lowest BCUT2D eigenvalue weighted by Crippen LogP contribution is -2.06. The summed E-state index contributed by atoms with van der Waals surface area (Å²) in [7, 11) is 0. The second-order valence-corrected chi connectivity index (χ2v) is 7.84. The lowest BCUT2D eigenvalue weighted by molar-refractivity contribution is 0.0920. The predicted octanol–water partition coefficient (Wildman–Crippen LogP) is 5.84. The smallest absolute Gasteiger partial charge is 0.133 e. The zero-order chi connectivity index (χ0) is 19.6. The molecule has 0 N–H and O–H groups in total. The van der Waals surface area contributed by atoms with Crippen LogP contribution in [0.1, 0.15) is 63.1 Å². The van der Waals surface area contributed by atoms with E-state index < -0.39 is 0 Å². The second kappa shape index (κ2) is 11.4. The van der Waals surface area contributed by atoms with Crippen molar-refractivity contribution in [1.82, 2.24) is 4.98 Å². The number of pyridine rings is 1. The highest BCUT2D eigenvalue weighted by Crippen LogP contribution is 2.32. The first-order valence-electron chi connectivity index (χ1n) is 11.0. The van der Waals surface area contributed by atoms with Crippen LogP contribution in [-0.4, -0.2) is 31.4 Å². The van der Waals surface area contributed by atoms with Crippen molar-refractivity contribution < 1.29 is 14.2 Å². The minimum Gasteiger partial charge on any atom is -0.493 e. The number of hydrogen-bond donors (Lipinski definition) is 0. The highest BCUT2D eigenvalue weighted by molar-refractivity contribution is 5.86. The molecule has 3 rings (SSSR count). The summed E-state index contributed by atoms with van der Waals surface area (Å²) < 4.78 is 17.7. The summed E-state index contributed by atoms with van der Waals surface area (Å²) in [6, 6.07) is 8.20. The first kappa shape index (κ1) is 21.1. The van der Waals surface area contributed by atoms with Crippen molar-refractivity contribution in [3.63, 3.8) is 0 Å². The third kappa shape index (κ3) is 6.46. The second-order valence-electron chi connectivity index (χ2n) is 7.84. The van der Waals surface area contributed by atoms with E-state index in [0.717, 1.165) is 85.9 Å². The molecule has 0 unspecified atom stereocenters. The maximum absolute atomic E-state index is 6.12. The van der Waals surface area contributed by atoms with Crippen LogP contribution < -0.4 is 4.74 Å². The minimum atomic E-state index is 0.531. The zero-order valence-corrected chi connectivity index (χ0v) is 17.5. The molecule has 1 aliphatic rings. The van der Waals surface area contributed by atoms with Gasteiger partial charge in [0, 0.05) is 30.8 Å². The quantitative estimate of drug-likeness (QED) is 0.383. The van der Waals surface area contributed by atoms with Gasteiger partial charge in [-0.1, -0.05) is 38.3 Å². The van der Waals surface area contributed by atoms with Crippen molar-refractivity contribution in [1.29, 1.82) is 0 Å². The monoisotopic (exact) mass is 385 g/mol. The van der Waals surface area contributed by atoms with E-state index in [1.807, 2.05) is 18.2 Å². The van der Waals surface area contributed by atoms with E-state index in [4.69, 9.17) is 19.2 Å². The number of unbranched alkanes of at least 4 members (excludes halogenated alkanes) is 2. The molecule has 1 saturated carbocycles. The summed E-state index contributed by atoms with van der Waals surface area (Å²) in [5.74, 6) is 1.92. The number of rotatable bonds is 14. The van der Waals surface area contributed by atoms with E-state index in [1.54, 1.807) is 0 Å². The predicted molar refractivity (Wildman–Crippen MR) is 114 cm³/mol. The third-order valence-corrected chi connectivity index (χ3v) is 5.36. The lowest BCUT2D eigenvalue weighted by Gasteiger charge is -2.15. The highest BCUT2D eigenvalue weighted by Gasteiger charge is 2.20. The number of hydrogen-bond acceptors (Lipinski definition) is 4. The van der Waals surface area contributed by atoms with Crippen LogP contribution >= 0.6 is 0 Å². The van der Waals surface area contributed by atoms with Gasteiger partial charge in [0.1, 0.15) is 5.75 Å². The van der Waals surface area contributed by atoms with Gasteiger partial charge < -0.3 is 14.2 Å². The zero-order valence-electron chi connectivity index (χ0n) is 17.5. The molecule has 1 fully saturated rings. The molecule has 2 aromatic rings. The van der Waals surface area contributed by atoms with Crippen molar-refractivity contribution in [2.24, 2.45) is 5.92 Å². The van der Waals surface area contributed by atoms with E-state index in [-0.39, 0.29) is 0 Å². The number of aromatic nitrogens is 1. The van der Waals surface area contributed by atoms with Crippen LogP contribution in [0.2, 0.25) is 0 Å². The molecule has 0 aliphatic heterocycles. The molecular weight excluding hydrogens is 350 g/mol. The van der Waals surface area contributed by atoms with Gasteiger partial charge in [-0.05, 0) is 50.7 Å². The van der Waals surface area contributed by atoms with Gasteiger partial charge in [-0.3, -0.25) is 0 Å². The number of nitrogens with zero attached hydrogens (tertiary/aromatic N) is 1. The van der Waals surface area contributed by atoms with Crippen molar-refractivity contribution in [3.8, 4) is 5.75 Å². The van der Waals surface area contributed by atoms with E-state index in [0.29, 0.717) is 6.61 Å². The van der Waals surface area contributed by atoms with Gasteiger partial charge in [0.15, 0.2) is 0 Å². The summed E-state index contributed by atoms with van der Waals surface area (Å²) in [4.78, 5) is 4.81. The van der Waals surface area contributed by atoms with Crippen LogP contribution in [0.3, 0.4) is 0 Å². The van der Waals surface area contributed by atoms with Crippen LogP contribution in [0.25, 0.3) is 10.9 Å². The fraction of sp³-hybridized carbons (Fsp3) is 0.625. The molecular formula is C24H35NO3. The molecule has 1 aliphatic carbocycles. The summed E-state index contributed by atoms with van der Waals surface area (Å²) in [5, 5.41) is 1.09. The molecule has 1 aromatic heterocycles. The lowest BCUT2D eigenvalue weighted by atomic mass is 10.1. The molecule has 1 heterocycles. The molecule has 1 aromatic carbocycles. The minimum absolute atomic E-state index is 0.531. The standard InChI is InChI=1S/C24H35NO3/c1-3-4-16-28-24-19(2)23(25-22-10-6-5-9-21(22)24)18-27-15-8-7-14-26-17-13-20-11-12-20/h5-6,9-10,20H,3-4,7-8,11-18H2,1-2H3. The van der Waals surface area contributed by atoms with Crippen molar-refractivity contribution in [2.45, 2.75) is 65.4 Å². The number of benzene rings is 1. The van der Waals surface area contributed by atoms with Gasteiger partial charge in [0.05, 0.1) is 24.4 Å². The molecule has 0 saturated heterocycles. The molecule has 4 heteroatoms. The Balaban J connectivity index is 1.45. The maximum atomic E-state index is 6.12. The normalized spacial score (nSPS) is 13.9. The maximum Gasteiger partial charge on any atom is 0.133 e. The number of para-hydroxylation sites is 1. The van der Waals surface area contributed by atoms with Crippen molar-refractivity contribution in [2.75, 3.05) is 26.4 Å². The summed E-state index contributed by atoms with van der Waals surface area (Å²) in [6.45, 7) is 8.05. The Morgan fingerprint density at radius 2 is 1.75 bits per heavy atom. The Hall–Kier alpha value is -1.65. The van der Waals surface area contributed by atoms with E-state index in [1.165, 1.54) is 19.3 Å². The topological polar surface area (TPSA) is 40.6 Å². The third-order valence-electron chi connectivity index (χ3n) is 5.36. The largest absolute Gasteiger partial charge is 0.493 e. The molecule has 0 bridgehead atoms. The Morgan fingerprint density at radius 1 is 0.964 bits per heavy atom. The van der Waals surface area contributed by atoms with Gasteiger partial charge in [0.25, 0.3) is 0 Å². The average molecular weight is 386 g/mol. The molecule has 4 nitrogen and oxygen atoms in total. The molecule has 28 heavy (non-hydrogen) atoms. The molecule has 0 amide bonds. The van der Waals surface area contributed by atoms with Crippen LogP contribution in [0.4, 0.5) is 0 Å². The van der Waals surface area contributed by atoms with Crippen molar-refractivity contribution >= 4 is 10.9 Å². The van der Waals surface area contributed by atoms with E-state index >= 15 is 0 Å².